The minimum Gasteiger partial charge on any atom is -0.465 e. The van der Waals surface area contributed by atoms with Crippen molar-refractivity contribution in [3.63, 3.8) is 0 Å². The molecule has 5 heteroatoms. The van der Waals surface area contributed by atoms with E-state index in [1.54, 1.807) is 35.8 Å². The van der Waals surface area contributed by atoms with Gasteiger partial charge in [-0.3, -0.25) is 4.79 Å². The highest BCUT2D eigenvalue weighted by Crippen LogP contribution is 2.29. The Bertz CT molecular complexity index is 1110. The number of thiazole rings is 1. The number of furan rings is 1. The number of amides is 1. The first-order chi connectivity index (χ1) is 14.2. The van der Waals surface area contributed by atoms with Gasteiger partial charge in [-0.2, -0.15) is 0 Å². The van der Waals surface area contributed by atoms with E-state index in [0.29, 0.717) is 12.3 Å². The summed E-state index contributed by atoms with van der Waals surface area (Å²) in [6, 6.07) is 20.1. The molecule has 0 aliphatic rings. The van der Waals surface area contributed by atoms with E-state index in [9.17, 15) is 4.79 Å². The summed E-state index contributed by atoms with van der Waals surface area (Å²) in [6.07, 6.45) is 4.69. The van der Waals surface area contributed by atoms with Gasteiger partial charge in [0.05, 0.1) is 12.0 Å². The van der Waals surface area contributed by atoms with Crippen molar-refractivity contribution >= 4 is 23.3 Å². The molecule has 4 aromatic rings. The number of nitrogens with one attached hydrogen (secondary N) is 1. The van der Waals surface area contributed by atoms with Gasteiger partial charge in [0.25, 0.3) is 0 Å². The van der Waals surface area contributed by atoms with Crippen LogP contribution >= 0.6 is 11.3 Å². The van der Waals surface area contributed by atoms with Crippen LogP contribution in [0.4, 0.5) is 0 Å². The second-order valence-corrected chi connectivity index (χ2v) is 7.53. The Kier molecular flexibility index (Phi) is 5.68. The summed E-state index contributed by atoms with van der Waals surface area (Å²) in [5.74, 6) is 0.492. The summed E-state index contributed by atoms with van der Waals surface area (Å²) >= 11 is 1.63. The van der Waals surface area contributed by atoms with E-state index in [0.717, 1.165) is 27.4 Å². The topological polar surface area (TPSA) is 55.1 Å². The normalized spacial score (nSPS) is 11.1. The quantitative estimate of drug-likeness (QED) is 0.422. The molecule has 1 N–H and O–H groups in total. The second kappa shape index (κ2) is 8.71. The molecule has 4 nitrogen and oxygen atoms in total. The van der Waals surface area contributed by atoms with Gasteiger partial charge in [0, 0.05) is 29.1 Å². The average Bonchev–Trinajstić information content (AvgIpc) is 3.44. The summed E-state index contributed by atoms with van der Waals surface area (Å²) in [4.78, 5) is 16.7. The Morgan fingerprint density at radius 2 is 1.83 bits per heavy atom. The molecule has 144 valence electrons. The van der Waals surface area contributed by atoms with E-state index in [1.165, 1.54) is 11.6 Å². The molecule has 0 saturated carbocycles. The van der Waals surface area contributed by atoms with Crippen LogP contribution in [-0.4, -0.2) is 10.9 Å². The number of rotatable bonds is 6. The van der Waals surface area contributed by atoms with E-state index < -0.39 is 0 Å². The van der Waals surface area contributed by atoms with Gasteiger partial charge in [-0.15, -0.1) is 11.3 Å². The van der Waals surface area contributed by atoms with Crippen LogP contribution in [0, 0.1) is 6.92 Å². The van der Waals surface area contributed by atoms with Gasteiger partial charge >= 0.3 is 0 Å². The molecular formula is C24H20N2O2S. The van der Waals surface area contributed by atoms with Crippen LogP contribution in [0.3, 0.4) is 0 Å². The predicted molar refractivity (Wildman–Crippen MR) is 117 cm³/mol. The Hall–Kier alpha value is -3.44. The molecule has 4 rings (SSSR count). The number of carbonyl (C=O) groups is 1. The van der Waals surface area contributed by atoms with Gasteiger partial charge in [-0.05, 0) is 30.7 Å². The van der Waals surface area contributed by atoms with E-state index >= 15 is 0 Å². The third-order valence-corrected chi connectivity index (χ3v) is 5.35. The van der Waals surface area contributed by atoms with E-state index in [4.69, 9.17) is 9.40 Å². The van der Waals surface area contributed by atoms with Crippen LogP contribution in [0.25, 0.3) is 27.9 Å². The highest BCUT2D eigenvalue weighted by molar-refractivity contribution is 7.13. The molecule has 2 heterocycles. The molecule has 0 aliphatic heterocycles. The molecule has 0 atom stereocenters. The van der Waals surface area contributed by atoms with Crippen molar-refractivity contribution < 1.29 is 9.21 Å². The summed E-state index contributed by atoms with van der Waals surface area (Å²) in [5, 5.41) is 5.94. The van der Waals surface area contributed by atoms with Crippen molar-refractivity contribution in [2.45, 2.75) is 13.5 Å². The first-order valence-electron chi connectivity index (χ1n) is 9.29. The lowest BCUT2D eigenvalue weighted by Crippen LogP contribution is -2.20. The maximum Gasteiger partial charge on any atom is 0.244 e. The van der Waals surface area contributed by atoms with Crippen molar-refractivity contribution in [2.75, 3.05) is 0 Å². The predicted octanol–water partition coefficient (Wildman–Crippen LogP) is 5.71. The molecule has 0 aliphatic carbocycles. The summed E-state index contributed by atoms with van der Waals surface area (Å²) in [7, 11) is 0. The van der Waals surface area contributed by atoms with Gasteiger partial charge < -0.3 is 9.73 Å². The summed E-state index contributed by atoms with van der Waals surface area (Å²) in [5.41, 5.74) is 5.46. The summed E-state index contributed by atoms with van der Waals surface area (Å²) < 4.78 is 5.17. The molecule has 1 amide bonds. The van der Waals surface area contributed by atoms with Crippen molar-refractivity contribution in [3.8, 4) is 21.8 Å². The zero-order valence-electron chi connectivity index (χ0n) is 16.0. The third-order valence-electron chi connectivity index (χ3n) is 4.46. The molecule has 0 spiro atoms. The maximum absolute atomic E-state index is 11.9. The van der Waals surface area contributed by atoms with Crippen molar-refractivity contribution in [1.82, 2.24) is 10.3 Å². The van der Waals surface area contributed by atoms with Crippen LogP contribution in [0.2, 0.25) is 0 Å². The molecule has 2 aromatic heterocycles. The first kappa shape index (κ1) is 18.9. The highest BCUT2D eigenvalue weighted by atomic mass is 32.1. The zero-order valence-corrected chi connectivity index (χ0v) is 16.8. The minimum absolute atomic E-state index is 0.159. The fraction of sp³-hybridized carbons (Fsp3) is 0.0833. The average molecular weight is 401 g/mol. The van der Waals surface area contributed by atoms with Gasteiger partial charge in [-0.25, -0.2) is 4.98 Å². The lowest BCUT2D eigenvalue weighted by molar-refractivity contribution is -0.116. The van der Waals surface area contributed by atoms with Gasteiger partial charge in [-0.1, -0.05) is 54.1 Å². The van der Waals surface area contributed by atoms with E-state index in [2.05, 4.69) is 41.9 Å². The molecule has 2 aromatic carbocycles. The fourth-order valence-electron chi connectivity index (χ4n) is 2.82. The highest BCUT2D eigenvalue weighted by Gasteiger charge is 2.07. The van der Waals surface area contributed by atoms with Crippen molar-refractivity contribution in [2.24, 2.45) is 0 Å². The smallest absolute Gasteiger partial charge is 0.244 e. The monoisotopic (exact) mass is 400 g/mol. The summed E-state index contributed by atoms with van der Waals surface area (Å²) in [6.45, 7) is 2.55. The zero-order chi connectivity index (χ0) is 20.1. The Labute approximate surface area is 173 Å². The van der Waals surface area contributed by atoms with Gasteiger partial charge in [0.15, 0.2) is 0 Å². The standard InChI is InChI=1S/C24H20N2O2S/c1-17-4-8-19(9-5-17)22-16-29-24(26-22)20-10-6-18(7-11-20)15-25-23(27)13-12-21-3-2-14-28-21/h2-14,16H,15H2,1H3,(H,25,27)/b13-12+. The number of hydrogen-bond acceptors (Lipinski definition) is 4. The van der Waals surface area contributed by atoms with E-state index in [1.807, 2.05) is 24.3 Å². The van der Waals surface area contributed by atoms with Crippen LogP contribution in [0.5, 0.6) is 0 Å². The third kappa shape index (κ3) is 4.89. The molecule has 0 bridgehead atoms. The Balaban J connectivity index is 1.37. The molecular weight excluding hydrogens is 380 g/mol. The SMILES string of the molecule is Cc1ccc(-c2csc(-c3ccc(CNC(=O)/C=C/c4ccco4)cc3)n2)cc1. The number of aryl methyl sites for hydroxylation is 1. The van der Waals surface area contributed by atoms with Crippen LogP contribution < -0.4 is 5.32 Å². The number of hydrogen-bond donors (Lipinski definition) is 1. The Morgan fingerprint density at radius 1 is 1.07 bits per heavy atom. The number of aromatic nitrogens is 1. The van der Waals surface area contributed by atoms with Crippen LogP contribution in [-0.2, 0) is 11.3 Å². The largest absolute Gasteiger partial charge is 0.465 e. The second-order valence-electron chi connectivity index (χ2n) is 6.67. The van der Waals surface area contributed by atoms with Crippen LogP contribution in [0.15, 0.2) is 82.8 Å². The minimum atomic E-state index is -0.159. The number of nitrogens with zero attached hydrogens (tertiary/aromatic N) is 1. The van der Waals surface area contributed by atoms with Gasteiger partial charge in [0.2, 0.25) is 5.91 Å². The molecule has 0 fully saturated rings. The molecule has 0 saturated heterocycles. The van der Waals surface area contributed by atoms with Crippen LogP contribution in [0.1, 0.15) is 16.9 Å². The van der Waals surface area contributed by atoms with Gasteiger partial charge in [0.1, 0.15) is 10.8 Å². The van der Waals surface area contributed by atoms with Crippen molar-refractivity contribution in [3.05, 3.63) is 95.3 Å². The lowest BCUT2D eigenvalue weighted by Gasteiger charge is -2.04. The lowest BCUT2D eigenvalue weighted by atomic mass is 10.1. The molecule has 0 unspecified atom stereocenters. The first-order valence-corrected chi connectivity index (χ1v) is 10.2. The van der Waals surface area contributed by atoms with Crippen molar-refractivity contribution in [1.29, 1.82) is 0 Å². The molecule has 0 radical (unpaired) electrons. The number of benzene rings is 2. The fourth-order valence-corrected chi connectivity index (χ4v) is 3.66. The van der Waals surface area contributed by atoms with E-state index in [-0.39, 0.29) is 5.91 Å². The molecule has 29 heavy (non-hydrogen) atoms. The maximum atomic E-state index is 11.9. The Morgan fingerprint density at radius 3 is 2.55 bits per heavy atom. The number of carbonyl (C=O) groups excluding carboxylic acids is 1.